The van der Waals surface area contributed by atoms with Crippen LogP contribution in [0.15, 0.2) is 48.7 Å². The fourth-order valence-corrected chi connectivity index (χ4v) is 4.73. The zero-order valence-electron chi connectivity index (χ0n) is 20.0. The molecule has 6 nitrogen and oxygen atoms in total. The van der Waals surface area contributed by atoms with Crippen LogP contribution >= 0.6 is 0 Å². The molecule has 4 rings (SSSR count). The molecule has 0 atom stereocenters. The molecule has 0 spiro atoms. The van der Waals surface area contributed by atoms with Crippen molar-refractivity contribution in [1.82, 2.24) is 14.8 Å². The van der Waals surface area contributed by atoms with E-state index in [0.29, 0.717) is 13.2 Å². The van der Waals surface area contributed by atoms with Crippen LogP contribution in [0.25, 0.3) is 10.9 Å². The van der Waals surface area contributed by atoms with Gasteiger partial charge < -0.3 is 19.4 Å². The Morgan fingerprint density at radius 2 is 1.88 bits per heavy atom. The van der Waals surface area contributed by atoms with Crippen LogP contribution in [0.5, 0.6) is 11.5 Å². The molecule has 2 aromatic carbocycles. The number of methoxy groups -OCH3 is 1. The molecule has 6 heteroatoms. The van der Waals surface area contributed by atoms with E-state index in [1.54, 1.807) is 7.11 Å². The van der Waals surface area contributed by atoms with Crippen LogP contribution in [0.2, 0.25) is 0 Å². The number of piperidine rings is 1. The Hall–Kier alpha value is -2.99. The molecular weight excluding hydrogens is 414 g/mol. The lowest BCUT2D eigenvalue weighted by atomic mass is 9.95. The minimum absolute atomic E-state index is 0.0672. The summed E-state index contributed by atoms with van der Waals surface area (Å²) in [5, 5.41) is 4.38. The number of hydrogen-bond donors (Lipinski definition) is 1. The molecule has 1 N–H and O–H groups in total. The number of ether oxygens (including phenoxy) is 2. The third-order valence-electron chi connectivity index (χ3n) is 6.59. The van der Waals surface area contributed by atoms with Crippen molar-refractivity contribution in [3.05, 3.63) is 59.8 Å². The second kappa shape index (κ2) is 10.8. The van der Waals surface area contributed by atoms with Gasteiger partial charge in [0.25, 0.3) is 0 Å². The number of hydrogen-bond acceptors (Lipinski definition) is 4. The first kappa shape index (κ1) is 23.2. The Morgan fingerprint density at radius 1 is 1.09 bits per heavy atom. The van der Waals surface area contributed by atoms with Gasteiger partial charge in [0.05, 0.1) is 13.7 Å². The zero-order valence-corrected chi connectivity index (χ0v) is 20.0. The van der Waals surface area contributed by atoms with Crippen LogP contribution in [0.4, 0.5) is 0 Å². The summed E-state index contributed by atoms with van der Waals surface area (Å²) in [6.45, 7) is 8.96. The predicted octanol–water partition coefficient (Wildman–Crippen LogP) is 4.60. The Balaban J connectivity index is 1.33. The number of fused-ring (bicyclic) bond motifs is 1. The summed E-state index contributed by atoms with van der Waals surface area (Å²) < 4.78 is 13.4. The average Bonchev–Trinajstić information content (AvgIpc) is 3.20. The van der Waals surface area contributed by atoms with Gasteiger partial charge in [-0.05, 0) is 69.6 Å². The molecule has 1 aliphatic heterocycles. The van der Waals surface area contributed by atoms with Crippen molar-refractivity contribution in [3.8, 4) is 11.5 Å². The summed E-state index contributed by atoms with van der Waals surface area (Å²) >= 11 is 0. The van der Waals surface area contributed by atoms with Crippen molar-refractivity contribution in [2.75, 3.05) is 26.8 Å². The Morgan fingerprint density at radius 3 is 2.61 bits per heavy atom. The first-order valence-electron chi connectivity index (χ1n) is 12.0. The smallest absolute Gasteiger partial charge is 0.223 e. The van der Waals surface area contributed by atoms with Gasteiger partial charge in [0.15, 0.2) is 0 Å². The van der Waals surface area contributed by atoms with Gasteiger partial charge in [-0.2, -0.15) is 0 Å². The minimum atomic E-state index is 0.0672. The van der Waals surface area contributed by atoms with Crippen LogP contribution in [0, 0.1) is 5.92 Å². The highest BCUT2D eigenvalue weighted by Crippen LogP contribution is 2.28. The van der Waals surface area contributed by atoms with Crippen LogP contribution in [-0.4, -0.2) is 42.2 Å². The van der Waals surface area contributed by atoms with Crippen molar-refractivity contribution in [1.29, 1.82) is 0 Å². The molecular formula is C27H35N3O3. The van der Waals surface area contributed by atoms with E-state index in [-0.39, 0.29) is 11.8 Å². The van der Waals surface area contributed by atoms with E-state index in [1.807, 2.05) is 37.3 Å². The molecule has 2 heterocycles. The lowest BCUT2D eigenvalue weighted by Crippen LogP contribution is -2.40. The van der Waals surface area contributed by atoms with Gasteiger partial charge in [-0.3, -0.25) is 9.69 Å². The number of nitrogens with zero attached hydrogens (tertiary/aromatic N) is 2. The zero-order chi connectivity index (χ0) is 23.2. The van der Waals surface area contributed by atoms with E-state index in [4.69, 9.17) is 9.47 Å². The van der Waals surface area contributed by atoms with Crippen LogP contribution in [-0.2, 0) is 24.4 Å². The molecule has 3 aromatic rings. The van der Waals surface area contributed by atoms with Crippen molar-refractivity contribution >= 4 is 16.8 Å². The van der Waals surface area contributed by atoms with E-state index in [9.17, 15) is 4.79 Å². The van der Waals surface area contributed by atoms with E-state index >= 15 is 0 Å². The number of rotatable bonds is 9. The van der Waals surface area contributed by atoms with E-state index in [1.165, 1.54) is 16.5 Å². The number of amides is 1. The minimum Gasteiger partial charge on any atom is -0.497 e. The number of aryl methyl sites for hydroxylation is 1. The quantitative estimate of drug-likeness (QED) is 0.519. The molecule has 1 fully saturated rings. The highest BCUT2D eigenvalue weighted by Gasteiger charge is 2.25. The monoisotopic (exact) mass is 449 g/mol. The predicted molar refractivity (Wildman–Crippen MR) is 132 cm³/mol. The van der Waals surface area contributed by atoms with Gasteiger partial charge in [-0.25, -0.2) is 0 Å². The number of likely N-dealkylation sites (tertiary alicyclic amines) is 1. The summed E-state index contributed by atoms with van der Waals surface area (Å²) in [7, 11) is 1.71. The van der Waals surface area contributed by atoms with Crippen LogP contribution in [0.3, 0.4) is 0 Å². The number of carbonyl (C=O) groups excluding carboxylic acids is 1. The number of para-hydroxylation sites is 1. The second-order valence-electron chi connectivity index (χ2n) is 8.63. The molecule has 33 heavy (non-hydrogen) atoms. The maximum atomic E-state index is 12.8. The molecule has 1 amide bonds. The van der Waals surface area contributed by atoms with Gasteiger partial charge in [0.1, 0.15) is 11.5 Å². The van der Waals surface area contributed by atoms with Gasteiger partial charge in [0.2, 0.25) is 5.91 Å². The standard InChI is InChI=1S/C27H35N3O3/c1-4-30-19-22(24-16-23(32-3)10-11-25(24)30)18-29-14-12-20(13-15-29)27(31)28-17-21-8-6-7-9-26(21)33-5-2/h6-11,16,19-20H,4-5,12-15,17-18H2,1-3H3,(H,28,31). The van der Waals surface area contributed by atoms with Crippen LogP contribution < -0.4 is 14.8 Å². The maximum absolute atomic E-state index is 12.8. The van der Waals surface area contributed by atoms with Gasteiger partial charge in [0, 0.05) is 48.2 Å². The van der Waals surface area contributed by atoms with Crippen molar-refractivity contribution in [2.45, 2.75) is 46.3 Å². The topological polar surface area (TPSA) is 55.7 Å². The third-order valence-corrected chi connectivity index (χ3v) is 6.59. The number of aromatic nitrogens is 1. The van der Waals surface area contributed by atoms with Crippen molar-refractivity contribution < 1.29 is 14.3 Å². The Bertz CT molecular complexity index is 1080. The van der Waals surface area contributed by atoms with Crippen molar-refractivity contribution in [2.24, 2.45) is 5.92 Å². The molecule has 0 bridgehead atoms. The van der Waals surface area contributed by atoms with Gasteiger partial charge in [-0.1, -0.05) is 18.2 Å². The molecule has 1 saturated heterocycles. The van der Waals surface area contributed by atoms with Gasteiger partial charge in [-0.15, -0.1) is 0 Å². The highest BCUT2D eigenvalue weighted by atomic mass is 16.5. The molecule has 0 aliphatic carbocycles. The molecule has 1 aromatic heterocycles. The lowest BCUT2D eigenvalue weighted by molar-refractivity contribution is -0.126. The van der Waals surface area contributed by atoms with E-state index < -0.39 is 0 Å². The second-order valence-corrected chi connectivity index (χ2v) is 8.63. The highest BCUT2D eigenvalue weighted by molar-refractivity contribution is 5.85. The van der Waals surface area contributed by atoms with E-state index in [0.717, 1.165) is 56.1 Å². The molecule has 1 aliphatic rings. The largest absolute Gasteiger partial charge is 0.497 e. The molecule has 0 unspecified atom stereocenters. The van der Waals surface area contributed by atoms with E-state index in [2.05, 4.69) is 40.0 Å². The fraction of sp³-hybridized carbons (Fsp3) is 0.444. The molecule has 0 saturated carbocycles. The SMILES string of the molecule is CCOc1ccccc1CNC(=O)C1CCN(Cc2cn(CC)c3ccc(OC)cc23)CC1. The summed E-state index contributed by atoms with van der Waals surface area (Å²) in [6, 6.07) is 14.2. The number of carbonyl (C=O) groups is 1. The summed E-state index contributed by atoms with van der Waals surface area (Å²) in [5.41, 5.74) is 3.59. The number of nitrogens with one attached hydrogen (secondary N) is 1. The van der Waals surface area contributed by atoms with Gasteiger partial charge >= 0.3 is 0 Å². The Labute approximate surface area is 196 Å². The summed E-state index contributed by atoms with van der Waals surface area (Å²) in [5.74, 6) is 1.95. The maximum Gasteiger partial charge on any atom is 0.223 e. The molecule has 0 radical (unpaired) electrons. The average molecular weight is 450 g/mol. The normalized spacial score (nSPS) is 15.0. The first-order valence-corrected chi connectivity index (χ1v) is 12.0. The summed E-state index contributed by atoms with van der Waals surface area (Å²) in [6.07, 6.45) is 4.03. The van der Waals surface area contributed by atoms with Crippen molar-refractivity contribution in [3.63, 3.8) is 0 Å². The summed E-state index contributed by atoms with van der Waals surface area (Å²) in [4.78, 5) is 15.3. The fourth-order valence-electron chi connectivity index (χ4n) is 4.73. The Kier molecular flexibility index (Phi) is 7.55. The molecule has 176 valence electrons. The number of benzene rings is 2. The van der Waals surface area contributed by atoms with Crippen LogP contribution in [0.1, 0.15) is 37.8 Å². The third kappa shape index (κ3) is 5.33. The first-order chi connectivity index (χ1) is 16.1. The lowest BCUT2D eigenvalue weighted by Gasteiger charge is -2.31.